The highest BCUT2D eigenvalue weighted by atomic mass is 35.5. The minimum atomic E-state index is -1.04. The third kappa shape index (κ3) is 4.01. The van der Waals surface area contributed by atoms with Crippen molar-refractivity contribution in [3.8, 4) is 0 Å². The summed E-state index contributed by atoms with van der Waals surface area (Å²) in [6.07, 6.45) is 0. The van der Waals surface area contributed by atoms with Crippen LogP contribution < -0.4 is 10.2 Å². The Bertz CT molecular complexity index is 513. The van der Waals surface area contributed by atoms with Crippen molar-refractivity contribution in [1.29, 1.82) is 0 Å². The number of anilines is 1. The van der Waals surface area contributed by atoms with Crippen molar-refractivity contribution >= 4 is 29.3 Å². The van der Waals surface area contributed by atoms with E-state index in [1.165, 1.54) is 6.92 Å². The maximum atomic E-state index is 11.9. The van der Waals surface area contributed by atoms with Crippen LogP contribution in [-0.4, -0.2) is 54.2 Å². The van der Waals surface area contributed by atoms with E-state index in [4.69, 9.17) is 16.7 Å². The zero-order chi connectivity index (χ0) is 15.4. The number of carbonyl (C=O) groups is 2. The van der Waals surface area contributed by atoms with Gasteiger partial charge in [-0.3, -0.25) is 4.79 Å². The molecule has 1 aliphatic heterocycles. The summed E-state index contributed by atoms with van der Waals surface area (Å²) < 4.78 is 0. The Morgan fingerprint density at radius 1 is 1.19 bits per heavy atom. The zero-order valence-corrected chi connectivity index (χ0v) is 12.5. The van der Waals surface area contributed by atoms with Crippen LogP contribution in [0.2, 0.25) is 5.02 Å². The Balaban J connectivity index is 1.86. The van der Waals surface area contributed by atoms with Gasteiger partial charge in [0.2, 0.25) is 0 Å². The number of aliphatic carboxylic acids is 1. The SMILES string of the molecule is C[C@@H](NC(=O)N1CCN(c2ccc(Cl)cc2)CC1)C(=O)O. The number of hydrogen-bond donors (Lipinski definition) is 2. The smallest absolute Gasteiger partial charge is 0.325 e. The molecule has 0 saturated carbocycles. The first-order valence-electron chi connectivity index (χ1n) is 6.76. The molecule has 0 radical (unpaired) electrons. The van der Waals surface area contributed by atoms with Crippen LogP contribution in [0.5, 0.6) is 0 Å². The van der Waals surface area contributed by atoms with Crippen molar-refractivity contribution in [3.63, 3.8) is 0 Å². The third-order valence-electron chi connectivity index (χ3n) is 3.47. The van der Waals surface area contributed by atoms with Crippen LogP contribution in [0.25, 0.3) is 0 Å². The minimum Gasteiger partial charge on any atom is -0.480 e. The topological polar surface area (TPSA) is 72.9 Å². The molecule has 2 N–H and O–H groups in total. The van der Waals surface area contributed by atoms with E-state index < -0.39 is 12.0 Å². The summed E-state index contributed by atoms with van der Waals surface area (Å²) in [6, 6.07) is 6.36. The summed E-state index contributed by atoms with van der Waals surface area (Å²) >= 11 is 5.86. The molecule has 0 unspecified atom stereocenters. The minimum absolute atomic E-state index is 0.333. The highest BCUT2D eigenvalue weighted by Crippen LogP contribution is 2.19. The van der Waals surface area contributed by atoms with E-state index in [1.54, 1.807) is 4.90 Å². The van der Waals surface area contributed by atoms with Crippen molar-refractivity contribution in [3.05, 3.63) is 29.3 Å². The van der Waals surface area contributed by atoms with Crippen LogP contribution in [-0.2, 0) is 4.79 Å². The first-order chi connectivity index (χ1) is 9.97. The number of rotatable bonds is 3. The average Bonchev–Trinajstić information content (AvgIpc) is 2.48. The molecule has 6 nitrogen and oxygen atoms in total. The van der Waals surface area contributed by atoms with E-state index in [0.29, 0.717) is 31.2 Å². The van der Waals surface area contributed by atoms with Gasteiger partial charge < -0.3 is 20.2 Å². The van der Waals surface area contributed by atoms with E-state index in [2.05, 4.69) is 10.2 Å². The largest absolute Gasteiger partial charge is 0.480 e. The van der Waals surface area contributed by atoms with Gasteiger partial charge >= 0.3 is 12.0 Å². The van der Waals surface area contributed by atoms with Crippen LogP contribution in [0.4, 0.5) is 10.5 Å². The predicted octanol–water partition coefficient (Wildman–Crippen LogP) is 1.64. The molecule has 1 aromatic carbocycles. The molecule has 7 heteroatoms. The van der Waals surface area contributed by atoms with Gasteiger partial charge in [0.15, 0.2) is 0 Å². The molecule has 1 aromatic rings. The zero-order valence-electron chi connectivity index (χ0n) is 11.8. The Morgan fingerprint density at radius 2 is 1.76 bits per heavy atom. The molecule has 21 heavy (non-hydrogen) atoms. The maximum absolute atomic E-state index is 11.9. The summed E-state index contributed by atoms with van der Waals surface area (Å²) in [5.41, 5.74) is 1.07. The number of carboxylic acids is 1. The number of nitrogens with zero attached hydrogens (tertiary/aromatic N) is 2. The number of nitrogens with one attached hydrogen (secondary N) is 1. The third-order valence-corrected chi connectivity index (χ3v) is 3.72. The fraction of sp³-hybridized carbons (Fsp3) is 0.429. The second-order valence-corrected chi connectivity index (χ2v) is 5.40. The lowest BCUT2D eigenvalue weighted by atomic mass is 10.2. The molecule has 1 fully saturated rings. The predicted molar refractivity (Wildman–Crippen MR) is 80.9 cm³/mol. The van der Waals surface area contributed by atoms with E-state index in [-0.39, 0.29) is 6.03 Å². The van der Waals surface area contributed by atoms with Gasteiger partial charge in [-0.25, -0.2) is 4.79 Å². The quantitative estimate of drug-likeness (QED) is 0.890. The molecule has 2 rings (SSSR count). The molecule has 0 spiro atoms. The van der Waals surface area contributed by atoms with E-state index in [9.17, 15) is 9.59 Å². The normalized spacial score (nSPS) is 16.5. The van der Waals surface area contributed by atoms with Gasteiger partial charge in [-0.05, 0) is 31.2 Å². The summed E-state index contributed by atoms with van der Waals surface area (Å²) in [4.78, 5) is 26.4. The number of benzene rings is 1. The number of amides is 2. The van der Waals surface area contributed by atoms with Gasteiger partial charge in [-0.1, -0.05) is 11.6 Å². The average molecular weight is 312 g/mol. The molecule has 1 heterocycles. The Hall–Kier alpha value is -1.95. The standard InChI is InChI=1S/C14H18ClN3O3/c1-10(13(19)20)16-14(21)18-8-6-17(7-9-18)12-4-2-11(15)3-5-12/h2-5,10H,6-9H2,1H3,(H,16,21)(H,19,20)/t10-/m1/s1. The Labute approximate surface area is 128 Å². The first-order valence-corrected chi connectivity index (χ1v) is 7.14. The fourth-order valence-electron chi connectivity index (χ4n) is 2.16. The number of hydrogen-bond acceptors (Lipinski definition) is 3. The highest BCUT2D eigenvalue weighted by molar-refractivity contribution is 6.30. The van der Waals surface area contributed by atoms with Gasteiger partial charge in [-0.2, -0.15) is 0 Å². The van der Waals surface area contributed by atoms with Gasteiger partial charge in [-0.15, -0.1) is 0 Å². The molecular formula is C14H18ClN3O3. The molecule has 114 valence electrons. The van der Waals surface area contributed by atoms with E-state index in [1.807, 2.05) is 24.3 Å². The summed E-state index contributed by atoms with van der Waals surface area (Å²) in [7, 11) is 0. The van der Waals surface area contributed by atoms with Crippen LogP contribution >= 0.6 is 11.6 Å². The molecule has 1 atom stereocenters. The number of piperazine rings is 1. The molecule has 0 bridgehead atoms. The van der Waals surface area contributed by atoms with Gasteiger partial charge in [0.25, 0.3) is 0 Å². The van der Waals surface area contributed by atoms with E-state index in [0.717, 1.165) is 5.69 Å². The van der Waals surface area contributed by atoms with Crippen molar-refractivity contribution < 1.29 is 14.7 Å². The Kier molecular flexibility index (Phi) is 4.90. The fourth-order valence-corrected chi connectivity index (χ4v) is 2.28. The number of urea groups is 1. The van der Waals surface area contributed by atoms with Crippen LogP contribution in [0.15, 0.2) is 24.3 Å². The van der Waals surface area contributed by atoms with Gasteiger partial charge in [0.05, 0.1) is 0 Å². The second-order valence-electron chi connectivity index (χ2n) is 4.96. The van der Waals surface area contributed by atoms with Crippen molar-refractivity contribution in [2.24, 2.45) is 0 Å². The van der Waals surface area contributed by atoms with Crippen molar-refractivity contribution in [2.75, 3.05) is 31.1 Å². The number of carbonyl (C=O) groups excluding carboxylic acids is 1. The highest BCUT2D eigenvalue weighted by Gasteiger charge is 2.23. The molecule has 0 aromatic heterocycles. The van der Waals surface area contributed by atoms with Crippen molar-refractivity contribution in [1.82, 2.24) is 10.2 Å². The van der Waals surface area contributed by atoms with Crippen LogP contribution in [0.3, 0.4) is 0 Å². The lowest BCUT2D eigenvalue weighted by Gasteiger charge is -2.36. The number of halogens is 1. The van der Waals surface area contributed by atoms with Gasteiger partial charge in [0.1, 0.15) is 6.04 Å². The summed E-state index contributed by atoms with van der Waals surface area (Å²) in [6.45, 7) is 3.97. The van der Waals surface area contributed by atoms with E-state index >= 15 is 0 Å². The molecular weight excluding hydrogens is 294 g/mol. The molecule has 1 aliphatic rings. The molecule has 2 amide bonds. The monoisotopic (exact) mass is 311 g/mol. The van der Waals surface area contributed by atoms with Crippen molar-refractivity contribution in [2.45, 2.75) is 13.0 Å². The second kappa shape index (κ2) is 6.67. The molecule has 1 saturated heterocycles. The maximum Gasteiger partial charge on any atom is 0.325 e. The molecule has 0 aliphatic carbocycles. The van der Waals surface area contributed by atoms with Crippen LogP contribution in [0, 0.1) is 0 Å². The Morgan fingerprint density at radius 3 is 2.29 bits per heavy atom. The number of carboxylic acid groups (broad SMARTS) is 1. The lowest BCUT2D eigenvalue weighted by molar-refractivity contribution is -0.138. The van der Waals surface area contributed by atoms with Crippen LogP contribution in [0.1, 0.15) is 6.92 Å². The van der Waals surface area contributed by atoms with Gasteiger partial charge in [0, 0.05) is 36.9 Å². The lowest BCUT2D eigenvalue weighted by Crippen LogP contribution is -2.54. The first kappa shape index (κ1) is 15.4. The summed E-state index contributed by atoms with van der Waals surface area (Å²) in [5.74, 6) is -1.04. The summed E-state index contributed by atoms with van der Waals surface area (Å²) in [5, 5.41) is 11.9.